The highest BCUT2D eigenvalue weighted by Crippen LogP contribution is 2.49. The van der Waals surface area contributed by atoms with Gasteiger partial charge in [-0.05, 0) is 47.1 Å². The Morgan fingerprint density at radius 3 is 2.62 bits per heavy atom. The summed E-state index contributed by atoms with van der Waals surface area (Å²) in [6.45, 7) is 7.28. The number of isothiocyanates is 1. The van der Waals surface area contributed by atoms with Gasteiger partial charge in [0.1, 0.15) is 17.4 Å². The molecule has 3 aromatic rings. The van der Waals surface area contributed by atoms with Gasteiger partial charge in [0, 0.05) is 16.4 Å². The molecule has 0 aromatic heterocycles. The summed E-state index contributed by atoms with van der Waals surface area (Å²) < 4.78 is 7.15. The first-order valence-electron chi connectivity index (χ1n) is 9.18. The molecule has 0 N–H and O–H groups in total. The van der Waals surface area contributed by atoms with Crippen LogP contribution in [-0.4, -0.2) is 9.59 Å². The maximum atomic E-state index is 7.28. The minimum Gasteiger partial charge on any atom is -0.485 e. The third kappa shape index (κ3) is 3.84. The molecule has 1 heterocycles. The van der Waals surface area contributed by atoms with Crippen LogP contribution in [0.3, 0.4) is 0 Å². The Kier molecular flexibility index (Phi) is 5.77. The molecule has 29 heavy (non-hydrogen) atoms. The number of aliphatic imine (C=N–C) groups is 1. The molecule has 2 atom stereocenters. The fourth-order valence-electron chi connectivity index (χ4n) is 3.75. The summed E-state index contributed by atoms with van der Waals surface area (Å²) in [6.07, 6.45) is 0.601. The number of nitrogens with zero attached hydrogens (tertiary/aromatic N) is 2. The lowest BCUT2D eigenvalue weighted by molar-refractivity contribution is 0.135. The second kappa shape index (κ2) is 8.46. The molecule has 142 valence electrons. The largest absolute Gasteiger partial charge is 0.485 e. The minimum absolute atomic E-state index is 0.0955. The summed E-state index contributed by atoms with van der Waals surface area (Å²) in [6, 6.07) is 24.0. The molecule has 0 bridgehead atoms. The molecular weight excluding hydrogens is 491 g/mol. The summed E-state index contributed by atoms with van der Waals surface area (Å²) in [4.78, 5) is 8.19. The lowest BCUT2D eigenvalue weighted by Gasteiger charge is -2.38. The number of rotatable bonds is 4. The van der Waals surface area contributed by atoms with E-state index in [0.717, 1.165) is 32.4 Å². The van der Waals surface area contributed by atoms with Crippen LogP contribution in [0.1, 0.15) is 23.7 Å². The lowest BCUT2D eigenvalue weighted by Crippen LogP contribution is -2.34. The van der Waals surface area contributed by atoms with Crippen molar-refractivity contribution in [2.45, 2.75) is 18.1 Å². The van der Waals surface area contributed by atoms with Crippen molar-refractivity contribution in [1.82, 2.24) is 0 Å². The highest BCUT2D eigenvalue weighted by atomic mass is 127. The van der Waals surface area contributed by atoms with Crippen molar-refractivity contribution >= 4 is 45.7 Å². The summed E-state index contributed by atoms with van der Waals surface area (Å²) >= 11 is 7.39. The van der Waals surface area contributed by atoms with Gasteiger partial charge in [0.05, 0.1) is 11.7 Å². The Labute approximate surface area is 189 Å². The van der Waals surface area contributed by atoms with Gasteiger partial charge in [0.2, 0.25) is 0 Å². The smallest absolute Gasteiger partial charge is 0.187 e. The predicted octanol–water partition coefficient (Wildman–Crippen LogP) is 7.16. The number of benzene rings is 3. The van der Waals surface area contributed by atoms with E-state index in [0.29, 0.717) is 12.1 Å². The van der Waals surface area contributed by atoms with Crippen LogP contribution >= 0.6 is 34.8 Å². The molecule has 3 aromatic carbocycles. The van der Waals surface area contributed by atoms with Gasteiger partial charge in [0.15, 0.2) is 5.69 Å². The minimum atomic E-state index is -0.496. The summed E-state index contributed by atoms with van der Waals surface area (Å²) in [5, 5.41) is 2.63. The van der Waals surface area contributed by atoms with Crippen LogP contribution in [0.5, 0.6) is 5.75 Å². The fourth-order valence-corrected chi connectivity index (χ4v) is 4.81. The number of hydrogen-bond donors (Lipinski definition) is 0. The Morgan fingerprint density at radius 1 is 1.10 bits per heavy atom. The summed E-state index contributed by atoms with van der Waals surface area (Å²) in [5.74, 6) is 0.820. The second-order valence-corrected chi connectivity index (χ2v) is 7.91. The van der Waals surface area contributed by atoms with Crippen molar-refractivity contribution in [3.63, 3.8) is 0 Å². The van der Waals surface area contributed by atoms with E-state index >= 15 is 0 Å². The van der Waals surface area contributed by atoms with Crippen molar-refractivity contribution in [1.29, 1.82) is 0 Å². The highest BCUT2D eigenvalue weighted by molar-refractivity contribution is 14.1. The van der Waals surface area contributed by atoms with Crippen molar-refractivity contribution < 1.29 is 4.74 Å². The molecule has 0 radical (unpaired) electrons. The third-order valence-electron chi connectivity index (χ3n) is 5.23. The molecule has 0 amide bonds. The van der Waals surface area contributed by atoms with Gasteiger partial charge < -0.3 is 4.74 Å². The van der Waals surface area contributed by atoms with Crippen molar-refractivity contribution in [3.8, 4) is 16.9 Å². The topological polar surface area (TPSA) is 25.9 Å². The van der Waals surface area contributed by atoms with Crippen molar-refractivity contribution in [2.24, 2.45) is 4.99 Å². The first-order chi connectivity index (χ1) is 14.2. The number of ether oxygens (including phenoxy) is 1. The van der Waals surface area contributed by atoms with E-state index in [1.807, 2.05) is 54.6 Å². The van der Waals surface area contributed by atoms with Crippen molar-refractivity contribution in [3.05, 3.63) is 95.3 Å². The molecule has 2 unspecified atom stereocenters. The van der Waals surface area contributed by atoms with Crippen LogP contribution in [0.15, 0.2) is 77.8 Å². The average Bonchev–Trinajstić information content (AvgIpc) is 2.79. The maximum absolute atomic E-state index is 7.28. The number of hydrogen-bond acceptors (Lipinski definition) is 3. The third-order valence-corrected chi connectivity index (χ3v) is 6.59. The maximum Gasteiger partial charge on any atom is 0.187 e. The molecule has 0 fully saturated rings. The standard InChI is InChI=1S/C24H17IN2OS/c1-26-20-9-5-8-18(12-20)19-10-11-22-21(13-19)24(15-25,27-16-29)14-23(28-22)17-6-3-2-4-7-17/h2-13,23H,14-15H2. The van der Waals surface area contributed by atoms with E-state index < -0.39 is 5.54 Å². The Bertz CT molecular complexity index is 1140. The predicted molar refractivity (Wildman–Crippen MR) is 128 cm³/mol. The van der Waals surface area contributed by atoms with Gasteiger partial charge in [-0.25, -0.2) is 9.84 Å². The fraction of sp³-hybridized carbons (Fsp3) is 0.167. The molecule has 1 aliphatic rings. The zero-order chi connectivity index (χ0) is 20.3. The molecular formula is C24H17IN2OS. The van der Waals surface area contributed by atoms with Crippen LogP contribution < -0.4 is 4.74 Å². The molecule has 0 spiro atoms. The van der Waals surface area contributed by atoms with Crippen LogP contribution in [0, 0.1) is 6.57 Å². The van der Waals surface area contributed by atoms with Crippen molar-refractivity contribution in [2.75, 3.05) is 4.43 Å². The van der Waals surface area contributed by atoms with Gasteiger partial charge in [-0.2, -0.15) is 0 Å². The quantitative estimate of drug-likeness (QED) is 0.123. The van der Waals surface area contributed by atoms with Gasteiger partial charge in [-0.1, -0.05) is 77.2 Å². The first kappa shape index (κ1) is 19.8. The molecule has 3 nitrogen and oxygen atoms in total. The van der Waals surface area contributed by atoms with Crippen LogP contribution in [0.4, 0.5) is 5.69 Å². The number of thiocarbonyl (C=S) groups is 1. The summed E-state index contributed by atoms with van der Waals surface area (Å²) in [5.41, 5.74) is 4.30. The van der Waals surface area contributed by atoms with E-state index in [-0.39, 0.29) is 6.10 Å². The van der Waals surface area contributed by atoms with Gasteiger partial charge in [-0.15, -0.1) is 0 Å². The number of alkyl halides is 1. The zero-order valence-electron chi connectivity index (χ0n) is 15.5. The van der Waals surface area contributed by atoms with E-state index in [1.165, 1.54) is 0 Å². The second-order valence-electron chi connectivity index (χ2n) is 6.96. The Hall–Kier alpha value is -2.52. The SMILES string of the molecule is [C-]#[N+]c1cccc(-c2ccc3c(c2)C(CI)(N=C=S)CC(c2ccccc2)O3)c1. The van der Waals surface area contributed by atoms with Gasteiger partial charge in [0.25, 0.3) is 0 Å². The van der Waals surface area contributed by atoms with Crippen LogP contribution in [0.25, 0.3) is 16.0 Å². The first-order valence-corrected chi connectivity index (χ1v) is 11.1. The molecule has 0 saturated heterocycles. The molecule has 0 aliphatic carbocycles. The van der Waals surface area contributed by atoms with Gasteiger partial charge in [-0.3, -0.25) is 0 Å². The molecule has 0 saturated carbocycles. The zero-order valence-corrected chi connectivity index (χ0v) is 18.5. The van der Waals surface area contributed by atoms with Crippen LogP contribution in [-0.2, 0) is 5.54 Å². The highest BCUT2D eigenvalue weighted by Gasteiger charge is 2.42. The lowest BCUT2D eigenvalue weighted by atomic mass is 9.81. The number of fused-ring (bicyclic) bond motifs is 1. The van der Waals surface area contributed by atoms with Crippen LogP contribution in [0.2, 0.25) is 0 Å². The average molecular weight is 508 g/mol. The van der Waals surface area contributed by atoms with Gasteiger partial charge >= 0.3 is 0 Å². The normalized spacial score (nSPS) is 19.9. The van der Waals surface area contributed by atoms with E-state index in [2.05, 4.69) is 55.8 Å². The number of halogens is 1. The Morgan fingerprint density at radius 2 is 1.90 bits per heavy atom. The van der Waals surface area contributed by atoms with E-state index in [1.54, 1.807) is 0 Å². The molecule has 1 aliphatic heterocycles. The summed E-state index contributed by atoms with van der Waals surface area (Å²) in [7, 11) is 0. The molecule has 5 heteroatoms. The monoisotopic (exact) mass is 508 g/mol. The van der Waals surface area contributed by atoms with E-state index in [9.17, 15) is 0 Å². The van der Waals surface area contributed by atoms with E-state index in [4.69, 9.17) is 23.5 Å². The molecule has 4 rings (SSSR count). The Balaban J connectivity index is 1.84.